The van der Waals surface area contributed by atoms with Crippen LogP contribution in [0.25, 0.3) is 0 Å². The standard InChI is InChI=1S/C12H22N2OS/c1-10(9-16-4)14(3)8-12-6-5-11(15-12)7-13-2/h5-6,10,13H,7-9H2,1-4H3. The first-order valence-corrected chi connectivity index (χ1v) is 6.98. The topological polar surface area (TPSA) is 28.4 Å². The van der Waals surface area contributed by atoms with Gasteiger partial charge in [-0.2, -0.15) is 11.8 Å². The third-order valence-corrected chi connectivity index (χ3v) is 3.45. The Kier molecular flexibility index (Phi) is 5.95. The third-order valence-electron chi connectivity index (χ3n) is 2.63. The van der Waals surface area contributed by atoms with Crippen molar-refractivity contribution in [1.29, 1.82) is 0 Å². The summed E-state index contributed by atoms with van der Waals surface area (Å²) in [5, 5.41) is 3.08. The van der Waals surface area contributed by atoms with Crippen molar-refractivity contribution < 1.29 is 4.42 Å². The van der Waals surface area contributed by atoms with E-state index in [9.17, 15) is 0 Å². The smallest absolute Gasteiger partial charge is 0.118 e. The number of thioether (sulfide) groups is 1. The van der Waals surface area contributed by atoms with Gasteiger partial charge < -0.3 is 9.73 Å². The number of hydrogen-bond donors (Lipinski definition) is 1. The van der Waals surface area contributed by atoms with Crippen LogP contribution in [0.15, 0.2) is 16.5 Å². The molecule has 1 N–H and O–H groups in total. The van der Waals surface area contributed by atoms with E-state index in [0.717, 1.165) is 30.4 Å². The maximum absolute atomic E-state index is 5.71. The first-order valence-electron chi connectivity index (χ1n) is 5.58. The first-order chi connectivity index (χ1) is 7.67. The summed E-state index contributed by atoms with van der Waals surface area (Å²) in [5.74, 6) is 3.20. The summed E-state index contributed by atoms with van der Waals surface area (Å²) in [5.41, 5.74) is 0. The molecular weight excluding hydrogens is 220 g/mol. The Morgan fingerprint density at radius 2 is 2.12 bits per heavy atom. The molecule has 4 heteroatoms. The molecule has 0 bridgehead atoms. The van der Waals surface area contributed by atoms with Crippen molar-refractivity contribution in [2.45, 2.75) is 26.1 Å². The fourth-order valence-electron chi connectivity index (χ4n) is 1.55. The molecule has 0 amide bonds. The number of nitrogens with zero attached hydrogens (tertiary/aromatic N) is 1. The minimum absolute atomic E-state index is 0.577. The van der Waals surface area contributed by atoms with Crippen LogP contribution in [0.2, 0.25) is 0 Å². The highest BCUT2D eigenvalue weighted by atomic mass is 32.2. The monoisotopic (exact) mass is 242 g/mol. The van der Waals surface area contributed by atoms with Gasteiger partial charge >= 0.3 is 0 Å². The van der Waals surface area contributed by atoms with Crippen LogP contribution in [0.3, 0.4) is 0 Å². The fourth-order valence-corrected chi connectivity index (χ4v) is 2.28. The van der Waals surface area contributed by atoms with E-state index in [1.807, 2.05) is 24.9 Å². The van der Waals surface area contributed by atoms with E-state index in [1.165, 1.54) is 0 Å². The molecular formula is C12H22N2OS. The maximum atomic E-state index is 5.71. The minimum Gasteiger partial charge on any atom is -0.463 e. The summed E-state index contributed by atoms with van der Waals surface area (Å²) >= 11 is 1.88. The molecule has 1 unspecified atom stereocenters. The minimum atomic E-state index is 0.577. The van der Waals surface area contributed by atoms with E-state index in [-0.39, 0.29) is 0 Å². The summed E-state index contributed by atoms with van der Waals surface area (Å²) in [6.07, 6.45) is 2.14. The molecule has 0 saturated carbocycles. The van der Waals surface area contributed by atoms with Crippen molar-refractivity contribution in [2.75, 3.05) is 26.1 Å². The highest BCUT2D eigenvalue weighted by Crippen LogP contribution is 2.12. The normalized spacial score (nSPS) is 13.3. The second-order valence-corrected chi connectivity index (χ2v) is 5.03. The highest BCUT2D eigenvalue weighted by Gasteiger charge is 2.11. The molecule has 0 aliphatic heterocycles. The van der Waals surface area contributed by atoms with Gasteiger partial charge in [0.15, 0.2) is 0 Å². The number of nitrogens with one attached hydrogen (secondary N) is 1. The largest absolute Gasteiger partial charge is 0.463 e. The summed E-state index contributed by atoms with van der Waals surface area (Å²) in [7, 11) is 4.07. The Labute approximate surface area is 103 Å². The van der Waals surface area contributed by atoms with E-state index in [2.05, 4.69) is 36.5 Å². The Bertz CT molecular complexity index is 301. The Balaban J connectivity index is 2.45. The van der Waals surface area contributed by atoms with Gasteiger partial charge in [0.1, 0.15) is 11.5 Å². The van der Waals surface area contributed by atoms with Gasteiger partial charge in [-0.1, -0.05) is 0 Å². The lowest BCUT2D eigenvalue weighted by Crippen LogP contribution is -2.30. The maximum Gasteiger partial charge on any atom is 0.118 e. The molecule has 0 aliphatic carbocycles. The number of furan rings is 1. The molecule has 0 saturated heterocycles. The highest BCUT2D eigenvalue weighted by molar-refractivity contribution is 7.98. The summed E-state index contributed by atoms with van der Waals surface area (Å²) in [6, 6.07) is 4.68. The molecule has 92 valence electrons. The Morgan fingerprint density at radius 3 is 2.75 bits per heavy atom. The lowest BCUT2D eigenvalue weighted by molar-refractivity contribution is 0.244. The van der Waals surface area contributed by atoms with Gasteiger partial charge in [0.2, 0.25) is 0 Å². The van der Waals surface area contributed by atoms with Crippen molar-refractivity contribution in [3.63, 3.8) is 0 Å². The fraction of sp³-hybridized carbons (Fsp3) is 0.667. The first kappa shape index (κ1) is 13.6. The van der Waals surface area contributed by atoms with Gasteiger partial charge in [0.05, 0.1) is 13.1 Å². The third kappa shape index (κ3) is 4.20. The molecule has 1 atom stereocenters. The molecule has 3 nitrogen and oxygen atoms in total. The van der Waals surface area contributed by atoms with Crippen LogP contribution in [0.5, 0.6) is 0 Å². The molecule has 16 heavy (non-hydrogen) atoms. The van der Waals surface area contributed by atoms with Gasteiger partial charge in [-0.05, 0) is 39.4 Å². The van der Waals surface area contributed by atoms with Crippen LogP contribution in [-0.2, 0) is 13.1 Å². The second kappa shape index (κ2) is 6.99. The molecule has 0 radical (unpaired) electrons. The van der Waals surface area contributed by atoms with Crippen LogP contribution in [-0.4, -0.2) is 37.0 Å². The SMILES string of the molecule is CNCc1ccc(CN(C)C(C)CSC)o1. The van der Waals surface area contributed by atoms with Crippen molar-refractivity contribution in [3.05, 3.63) is 23.7 Å². The van der Waals surface area contributed by atoms with Gasteiger partial charge in [-0.25, -0.2) is 0 Å². The summed E-state index contributed by atoms with van der Waals surface area (Å²) in [6.45, 7) is 3.92. The van der Waals surface area contributed by atoms with Crippen molar-refractivity contribution in [3.8, 4) is 0 Å². The number of rotatable bonds is 7. The van der Waals surface area contributed by atoms with E-state index in [0.29, 0.717) is 6.04 Å². The average molecular weight is 242 g/mol. The van der Waals surface area contributed by atoms with Crippen LogP contribution < -0.4 is 5.32 Å². The molecule has 1 heterocycles. The zero-order valence-corrected chi connectivity index (χ0v) is 11.4. The molecule has 0 aromatic carbocycles. The van der Waals surface area contributed by atoms with Gasteiger partial charge in [0, 0.05) is 11.8 Å². The predicted molar refractivity (Wildman–Crippen MR) is 70.8 cm³/mol. The van der Waals surface area contributed by atoms with Crippen molar-refractivity contribution in [1.82, 2.24) is 10.2 Å². The van der Waals surface area contributed by atoms with E-state index in [1.54, 1.807) is 0 Å². The van der Waals surface area contributed by atoms with Gasteiger partial charge in [0.25, 0.3) is 0 Å². The molecule has 1 aromatic heterocycles. The molecule has 1 aromatic rings. The Morgan fingerprint density at radius 1 is 1.44 bits per heavy atom. The molecule has 0 fully saturated rings. The predicted octanol–water partition coefficient (Wildman–Crippen LogP) is 2.18. The molecule has 0 aliphatic rings. The van der Waals surface area contributed by atoms with Crippen molar-refractivity contribution in [2.24, 2.45) is 0 Å². The van der Waals surface area contributed by atoms with Gasteiger partial charge in [-0.3, -0.25) is 4.90 Å². The second-order valence-electron chi connectivity index (χ2n) is 4.12. The van der Waals surface area contributed by atoms with Crippen LogP contribution >= 0.6 is 11.8 Å². The zero-order valence-electron chi connectivity index (χ0n) is 10.6. The van der Waals surface area contributed by atoms with E-state index < -0.39 is 0 Å². The van der Waals surface area contributed by atoms with Crippen LogP contribution in [0.4, 0.5) is 0 Å². The van der Waals surface area contributed by atoms with E-state index in [4.69, 9.17) is 4.42 Å². The average Bonchev–Trinajstić information content (AvgIpc) is 2.66. The van der Waals surface area contributed by atoms with Crippen molar-refractivity contribution >= 4 is 11.8 Å². The lowest BCUT2D eigenvalue weighted by atomic mass is 10.3. The van der Waals surface area contributed by atoms with Gasteiger partial charge in [-0.15, -0.1) is 0 Å². The Hall–Kier alpha value is -0.450. The van der Waals surface area contributed by atoms with E-state index >= 15 is 0 Å². The van der Waals surface area contributed by atoms with Crippen LogP contribution in [0, 0.1) is 0 Å². The number of hydrogen-bond acceptors (Lipinski definition) is 4. The zero-order chi connectivity index (χ0) is 12.0. The quantitative estimate of drug-likeness (QED) is 0.793. The summed E-state index contributed by atoms with van der Waals surface area (Å²) in [4.78, 5) is 2.32. The lowest BCUT2D eigenvalue weighted by Gasteiger charge is -2.22. The molecule has 0 spiro atoms. The van der Waals surface area contributed by atoms with Crippen LogP contribution in [0.1, 0.15) is 18.4 Å². The summed E-state index contributed by atoms with van der Waals surface area (Å²) < 4.78 is 5.71. The molecule has 1 rings (SSSR count).